The molecule has 0 atom stereocenters. The predicted molar refractivity (Wildman–Crippen MR) is 54.9 cm³/mol. The van der Waals surface area contributed by atoms with Crippen molar-refractivity contribution in [2.24, 2.45) is 5.73 Å². The van der Waals surface area contributed by atoms with Crippen molar-refractivity contribution >= 4 is 6.03 Å². The molecule has 0 aliphatic heterocycles. The number of nitrogens with zero attached hydrogens (tertiary/aromatic N) is 1. The van der Waals surface area contributed by atoms with Crippen LogP contribution in [0.3, 0.4) is 0 Å². The van der Waals surface area contributed by atoms with E-state index in [2.05, 4.69) is 5.32 Å². The minimum atomic E-state index is -2.54. The van der Waals surface area contributed by atoms with E-state index in [4.69, 9.17) is 5.73 Å². The number of hydrogen-bond acceptors (Lipinski definition) is 2. The van der Waals surface area contributed by atoms with Crippen LogP contribution in [0.4, 0.5) is 13.6 Å². The van der Waals surface area contributed by atoms with Gasteiger partial charge >= 0.3 is 6.03 Å². The number of urea groups is 1. The smallest absolute Gasteiger partial charge is 0.318 e. The van der Waals surface area contributed by atoms with Gasteiger partial charge in [-0.15, -0.1) is 0 Å². The number of amides is 2. The summed E-state index contributed by atoms with van der Waals surface area (Å²) in [6.07, 6.45) is -2.54. The van der Waals surface area contributed by atoms with Crippen molar-refractivity contribution < 1.29 is 13.6 Å². The van der Waals surface area contributed by atoms with Gasteiger partial charge in [-0.3, -0.25) is 0 Å². The van der Waals surface area contributed by atoms with Crippen LogP contribution in [0.2, 0.25) is 0 Å². The van der Waals surface area contributed by atoms with E-state index in [9.17, 15) is 13.6 Å². The molecule has 0 rings (SSSR count). The Morgan fingerprint density at radius 1 is 1.47 bits per heavy atom. The van der Waals surface area contributed by atoms with E-state index < -0.39 is 24.5 Å². The van der Waals surface area contributed by atoms with E-state index in [1.54, 1.807) is 20.8 Å². The molecule has 6 heteroatoms. The van der Waals surface area contributed by atoms with Crippen LogP contribution in [-0.4, -0.2) is 42.5 Å². The van der Waals surface area contributed by atoms with E-state index in [0.717, 1.165) is 4.90 Å². The molecule has 90 valence electrons. The highest BCUT2D eigenvalue weighted by Crippen LogP contribution is 2.03. The largest absolute Gasteiger partial charge is 0.333 e. The molecule has 0 unspecified atom stereocenters. The first-order valence-corrected chi connectivity index (χ1v) is 4.81. The van der Waals surface area contributed by atoms with Crippen molar-refractivity contribution in [3.63, 3.8) is 0 Å². The van der Waals surface area contributed by atoms with Crippen molar-refractivity contribution in [2.45, 2.75) is 32.7 Å². The van der Waals surface area contributed by atoms with Crippen LogP contribution in [0, 0.1) is 0 Å². The summed E-state index contributed by atoms with van der Waals surface area (Å²) in [6, 6.07) is -0.506. The lowest BCUT2D eigenvalue weighted by atomic mass is 10.1. The number of nitrogens with two attached hydrogens (primary N) is 1. The fourth-order valence-corrected chi connectivity index (χ4v) is 0.998. The van der Waals surface area contributed by atoms with Gasteiger partial charge < -0.3 is 16.0 Å². The Labute approximate surface area is 88.8 Å². The minimum Gasteiger partial charge on any atom is -0.333 e. The normalized spacial score (nSPS) is 11.7. The molecule has 2 amide bonds. The molecule has 4 nitrogen and oxygen atoms in total. The van der Waals surface area contributed by atoms with Gasteiger partial charge in [0.2, 0.25) is 0 Å². The molecule has 0 saturated carbocycles. The number of carbonyl (C=O) groups is 1. The molecule has 15 heavy (non-hydrogen) atoms. The second-order valence-electron chi connectivity index (χ2n) is 4.31. The predicted octanol–water partition coefficient (Wildman–Crippen LogP) is 1.02. The number of halogens is 2. The third kappa shape index (κ3) is 7.07. The number of alkyl halides is 2. The molecule has 0 saturated heterocycles. The Balaban J connectivity index is 4.28. The highest BCUT2D eigenvalue weighted by atomic mass is 19.3. The van der Waals surface area contributed by atoms with Crippen LogP contribution >= 0.6 is 0 Å². The number of nitrogens with one attached hydrogen (secondary N) is 1. The summed E-state index contributed by atoms with van der Waals surface area (Å²) in [6.45, 7) is 5.07. The molecule has 0 fully saturated rings. The molecule has 0 heterocycles. The van der Waals surface area contributed by atoms with Crippen LogP contribution in [0.25, 0.3) is 0 Å². The summed E-state index contributed by atoms with van der Waals surface area (Å²) in [5.41, 5.74) is 4.80. The second kappa shape index (κ2) is 5.85. The number of hydrogen-bond donors (Lipinski definition) is 2. The Morgan fingerprint density at radius 3 is 2.33 bits per heavy atom. The van der Waals surface area contributed by atoms with Gasteiger partial charge in [0.1, 0.15) is 0 Å². The zero-order chi connectivity index (χ0) is 12.1. The van der Waals surface area contributed by atoms with E-state index in [1.807, 2.05) is 0 Å². The van der Waals surface area contributed by atoms with Gasteiger partial charge in [-0.1, -0.05) is 0 Å². The highest BCUT2D eigenvalue weighted by Gasteiger charge is 2.21. The molecule has 0 radical (unpaired) electrons. The molecular formula is C9H19F2N3O. The molecule has 0 spiro atoms. The Morgan fingerprint density at radius 2 is 2.00 bits per heavy atom. The van der Waals surface area contributed by atoms with Crippen molar-refractivity contribution in [1.82, 2.24) is 10.2 Å². The van der Waals surface area contributed by atoms with Crippen LogP contribution in [-0.2, 0) is 0 Å². The first kappa shape index (κ1) is 14.1. The van der Waals surface area contributed by atoms with Gasteiger partial charge in [-0.2, -0.15) is 0 Å². The lowest BCUT2D eigenvalue weighted by Crippen LogP contribution is -2.50. The van der Waals surface area contributed by atoms with Crippen molar-refractivity contribution in [1.29, 1.82) is 0 Å². The standard InChI is InChI=1S/C9H19F2N3O/c1-9(2,3)13-8(15)14(5-4-12)6-7(10)11/h7H,4-6,12H2,1-3H3,(H,13,15). The van der Waals surface area contributed by atoms with Gasteiger partial charge in [-0.25, -0.2) is 13.6 Å². The molecule has 0 aliphatic carbocycles. The molecule has 0 aromatic carbocycles. The fourth-order valence-electron chi connectivity index (χ4n) is 0.998. The summed E-state index contributed by atoms with van der Waals surface area (Å²) >= 11 is 0. The topological polar surface area (TPSA) is 58.4 Å². The third-order valence-corrected chi connectivity index (χ3v) is 1.53. The van der Waals surface area contributed by atoms with Gasteiger partial charge in [0.15, 0.2) is 0 Å². The van der Waals surface area contributed by atoms with Gasteiger partial charge in [0.05, 0.1) is 6.54 Å². The van der Waals surface area contributed by atoms with Crippen molar-refractivity contribution in [2.75, 3.05) is 19.6 Å². The van der Waals surface area contributed by atoms with E-state index in [1.165, 1.54) is 0 Å². The molecule has 0 aromatic heterocycles. The molecular weight excluding hydrogens is 204 g/mol. The molecule has 0 aromatic rings. The summed E-state index contributed by atoms with van der Waals surface area (Å²) in [4.78, 5) is 12.5. The average molecular weight is 223 g/mol. The molecule has 3 N–H and O–H groups in total. The second-order valence-corrected chi connectivity index (χ2v) is 4.31. The van der Waals surface area contributed by atoms with E-state index >= 15 is 0 Å². The van der Waals surface area contributed by atoms with Gasteiger partial charge in [0.25, 0.3) is 6.43 Å². The van der Waals surface area contributed by atoms with Crippen LogP contribution in [0.5, 0.6) is 0 Å². The first-order chi connectivity index (χ1) is 6.76. The number of rotatable bonds is 4. The minimum absolute atomic E-state index is 0.131. The SMILES string of the molecule is CC(C)(C)NC(=O)N(CCN)CC(F)F. The Hall–Kier alpha value is -0.910. The lowest BCUT2D eigenvalue weighted by Gasteiger charge is -2.27. The first-order valence-electron chi connectivity index (χ1n) is 4.81. The van der Waals surface area contributed by atoms with Crippen LogP contribution in [0.15, 0.2) is 0 Å². The monoisotopic (exact) mass is 223 g/mol. The maximum atomic E-state index is 12.1. The average Bonchev–Trinajstić information content (AvgIpc) is 1.99. The molecule has 0 bridgehead atoms. The van der Waals surface area contributed by atoms with Crippen molar-refractivity contribution in [3.05, 3.63) is 0 Å². The third-order valence-electron chi connectivity index (χ3n) is 1.53. The Bertz CT molecular complexity index is 204. The summed E-state index contributed by atoms with van der Waals surface area (Å²) < 4.78 is 24.3. The van der Waals surface area contributed by atoms with Crippen molar-refractivity contribution in [3.8, 4) is 0 Å². The fraction of sp³-hybridized carbons (Fsp3) is 0.889. The highest BCUT2D eigenvalue weighted by molar-refractivity contribution is 5.74. The number of carbonyl (C=O) groups excluding carboxylic acids is 1. The quantitative estimate of drug-likeness (QED) is 0.747. The van der Waals surface area contributed by atoms with E-state index in [0.29, 0.717) is 0 Å². The molecule has 0 aliphatic rings. The summed E-state index contributed by atoms with van der Waals surface area (Å²) in [7, 11) is 0. The zero-order valence-corrected chi connectivity index (χ0v) is 9.39. The van der Waals surface area contributed by atoms with Gasteiger partial charge in [0, 0.05) is 18.6 Å². The zero-order valence-electron chi connectivity index (χ0n) is 9.39. The maximum absolute atomic E-state index is 12.1. The van der Waals surface area contributed by atoms with E-state index in [-0.39, 0.29) is 13.1 Å². The lowest BCUT2D eigenvalue weighted by molar-refractivity contribution is 0.0973. The summed E-state index contributed by atoms with van der Waals surface area (Å²) in [5.74, 6) is 0. The van der Waals surface area contributed by atoms with Gasteiger partial charge in [-0.05, 0) is 20.8 Å². The van der Waals surface area contributed by atoms with Crippen LogP contribution < -0.4 is 11.1 Å². The van der Waals surface area contributed by atoms with Crippen LogP contribution in [0.1, 0.15) is 20.8 Å². The Kier molecular flexibility index (Phi) is 5.49. The summed E-state index contributed by atoms with van der Waals surface area (Å²) in [5, 5.41) is 2.61. The maximum Gasteiger partial charge on any atom is 0.318 e.